The molecule has 1 unspecified atom stereocenters. The molecule has 0 saturated carbocycles. The summed E-state index contributed by atoms with van der Waals surface area (Å²) in [6.07, 6.45) is 0. The van der Waals surface area contributed by atoms with Crippen LogP contribution in [0.4, 0.5) is 5.69 Å². The van der Waals surface area contributed by atoms with Gasteiger partial charge in [0.2, 0.25) is 5.91 Å². The smallest absolute Gasteiger partial charge is 0.245 e. The maximum absolute atomic E-state index is 12.3. The number of likely N-dealkylation sites (N-methyl/N-ethyl adjacent to an activating group) is 1. The first-order valence-electron chi connectivity index (χ1n) is 5.72. The molecule has 0 bridgehead atoms. The minimum atomic E-state index is -0.316. The lowest BCUT2D eigenvalue weighted by molar-refractivity contribution is -0.117. The van der Waals surface area contributed by atoms with Crippen molar-refractivity contribution in [3.05, 3.63) is 66.2 Å². The van der Waals surface area contributed by atoms with Gasteiger partial charge >= 0.3 is 0 Å². The van der Waals surface area contributed by atoms with Gasteiger partial charge in [0.25, 0.3) is 0 Å². The van der Waals surface area contributed by atoms with E-state index in [0.29, 0.717) is 0 Å². The lowest BCUT2D eigenvalue weighted by atomic mass is 10.1. The standard InChI is InChI=1S/C15H14BrNO/c1-17(13-10-6-3-7-11-13)15(18)14(16)12-8-4-2-5-9-12/h2-11,14H,1H3. The number of amides is 1. The van der Waals surface area contributed by atoms with Crippen molar-refractivity contribution in [2.24, 2.45) is 0 Å². The molecule has 0 heterocycles. The third kappa shape index (κ3) is 2.79. The van der Waals surface area contributed by atoms with Gasteiger partial charge in [-0.25, -0.2) is 0 Å². The highest BCUT2D eigenvalue weighted by Crippen LogP contribution is 2.26. The van der Waals surface area contributed by atoms with E-state index in [1.807, 2.05) is 60.7 Å². The number of para-hydroxylation sites is 1. The average Bonchev–Trinajstić information content (AvgIpc) is 2.47. The van der Waals surface area contributed by atoms with Crippen LogP contribution in [-0.2, 0) is 4.79 Å². The summed E-state index contributed by atoms with van der Waals surface area (Å²) in [5.41, 5.74) is 1.85. The maximum atomic E-state index is 12.3. The Kier molecular flexibility index (Phi) is 4.15. The monoisotopic (exact) mass is 303 g/mol. The van der Waals surface area contributed by atoms with Crippen molar-refractivity contribution in [3.8, 4) is 0 Å². The fraction of sp³-hybridized carbons (Fsp3) is 0.133. The number of hydrogen-bond donors (Lipinski definition) is 0. The number of hydrogen-bond acceptors (Lipinski definition) is 1. The molecular formula is C15H14BrNO. The Balaban J connectivity index is 2.17. The predicted molar refractivity (Wildman–Crippen MR) is 78.0 cm³/mol. The number of benzene rings is 2. The number of carbonyl (C=O) groups is 1. The van der Waals surface area contributed by atoms with Crippen molar-refractivity contribution in [2.45, 2.75) is 4.83 Å². The average molecular weight is 304 g/mol. The zero-order valence-corrected chi connectivity index (χ0v) is 11.7. The predicted octanol–water partition coefficient (Wildman–Crippen LogP) is 3.79. The van der Waals surface area contributed by atoms with E-state index in [-0.39, 0.29) is 10.7 Å². The molecule has 2 aromatic carbocycles. The number of nitrogens with zero attached hydrogens (tertiary/aromatic N) is 1. The summed E-state index contributed by atoms with van der Waals surface area (Å²) in [5, 5.41) is 0. The Morgan fingerprint density at radius 1 is 1.00 bits per heavy atom. The topological polar surface area (TPSA) is 20.3 Å². The van der Waals surface area contributed by atoms with Gasteiger partial charge in [-0.05, 0) is 17.7 Å². The SMILES string of the molecule is CN(C(=O)C(Br)c1ccccc1)c1ccccc1. The van der Waals surface area contributed by atoms with Crippen molar-refractivity contribution in [3.63, 3.8) is 0 Å². The van der Waals surface area contributed by atoms with Gasteiger partial charge in [0.15, 0.2) is 0 Å². The minimum absolute atomic E-state index is 0.0207. The Bertz CT molecular complexity index is 465. The molecule has 18 heavy (non-hydrogen) atoms. The van der Waals surface area contributed by atoms with E-state index in [9.17, 15) is 4.79 Å². The molecule has 0 aliphatic heterocycles. The lowest BCUT2D eigenvalue weighted by Gasteiger charge is -2.20. The van der Waals surface area contributed by atoms with Gasteiger partial charge in [-0.3, -0.25) is 4.79 Å². The van der Waals surface area contributed by atoms with E-state index >= 15 is 0 Å². The molecule has 0 aliphatic carbocycles. The van der Waals surface area contributed by atoms with Gasteiger partial charge < -0.3 is 4.90 Å². The van der Waals surface area contributed by atoms with Crippen LogP contribution in [0.5, 0.6) is 0 Å². The van der Waals surface area contributed by atoms with Crippen LogP contribution < -0.4 is 4.90 Å². The fourth-order valence-electron chi connectivity index (χ4n) is 1.71. The first kappa shape index (κ1) is 12.8. The van der Waals surface area contributed by atoms with Crippen LogP contribution in [0.25, 0.3) is 0 Å². The minimum Gasteiger partial charge on any atom is -0.314 e. The normalized spacial score (nSPS) is 11.9. The van der Waals surface area contributed by atoms with E-state index in [2.05, 4.69) is 15.9 Å². The largest absolute Gasteiger partial charge is 0.314 e. The van der Waals surface area contributed by atoms with Gasteiger partial charge in [-0.15, -0.1) is 0 Å². The molecule has 0 aliphatic rings. The number of anilines is 1. The van der Waals surface area contributed by atoms with Crippen LogP contribution in [0, 0.1) is 0 Å². The molecule has 1 amide bonds. The van der Waals surface area contributed by atoms with Gasteiger partial charge in [-0.1, -0.05) is 64.5 Å². The highest BCUT2D eigenvalue weighted by molar-refractivity contribution is 9.09. The molecule has 0 aromatic heterocycles. The molecule has 2 nitrogen and oxygen atoms in total. The molecular weight excluding hydrogens is 290 g/mol. The second kappa shape index (κ2) is 5.83. The summed E-state index contributed by atoms with van der Waals surface area (Å²) in [6.45, 7) is 0. The zero-order chi connectivity index (χ0) is 13.0. The summed E-state index contributed by atoms with van der Waals surface area (Å²) in [4.78, 5) is 13.7. The summed E-state index contributed by atoms with van der Waals surface area (Å²) in [5.74, 6) is 0.0207. The van der Waals surface area contributed by atoms with Crippen LogP contribution in [0.1, 0.15) is 10.4 Å². The number of carbonyl (C=O) groups excluding carboxylic acids is 1. The van der Waals surface area contributed by atoms with Crippen molar-refractivity contribution in [1.29, 1.82) is 0 Å². The second-order valence-electron chi connectivity index (χ2n) is 4.01. The molecule has 0 fully saturated rings. The lowest BCUT2D eigenvalue weighted by Crippen LogP contribution is -2.29. The van der Waals surface area contributed by atoms with Crippen molar-refractivity contribution < 1.29 is 4.79 Å². The van der Waals surface area contributed by atoms with E-state index in [1.54, 1.807) is 11.9 Å². The van der Waals surface area contributed by atoms with Crippen molar-refractivity contribution >= 4 is 27.5 Å². The Hall–Kier alpha value is -1.61. The maximum Gasteiger partial charge on any atom is 0.245 e. The van der Waals surface area contributed by atoms with Gasteiger partial charge in [0, 0.05) is 12.7 Å². The second-order valence-corrected chi connectivity index (χ2v) is 4.92. The molecule has 92 valence electrons. The van der Waals surface area contributed by atoms with Gasteiger partial charge in [-0.2, -0.15) is 0 Å². The summed E-state index contributed by atoms with van der Waals surface area (Å²) < 4.78 is 0. The molecule has 0 N–H and O–H groups in total. The Morgan fingerprint density at radius 3 is 2.06 bits per heavy atom. The number of halogens is 1. The van der Waals surface area contributed by atoms with Crippen molar-refractivity contribution in [2.75, 3.05) is 11.9 Å². The summed E-state index contributed by atoms with van der Waals surface area (Å²) >= 11 is 3.46. The van der Waals surface area contributed by atoms with Gasteiger partial charge in [0.1, 0.15) is 4.83 Å². The first-order chi connectivity index (χ1) is 8.70. The van der Waals surface area contributed by atoms with Crippen LogP contribution in [0.15, 0.2) is 60.7 Å². The molecule has 1 atom stereocenters. The highest BCUT2D eigenvalue weighted by atomic mass is 79.9. The molecule has 3 heteroatoms. The molecule has 2 rings (SSSR count). The van der Waals surface area contributed by atoms with E-state index < -0.39 is 0 Å². The zero-order valence-electron chi connectivity index (χ0n) is 10.1. The van der Waals surface area contributed by atoms with Gasteiger partial charge in [0.05, 0.1) is 0 Å². The molecule has 0 saturated heterocycles. The third-order valence-corrected chi connectivity index (χ3v) is 3.70. The van der Waals surface area contributed by atoms with Crippen LogP contribution >= 0.6 is 15.9 Å². The number of alkyl halides is 1. The van der Waals surface area contributed by atoms with Crippen LogP contribution in [0.2, 0.25) is 0 Å². The van der Waals surface area contributed by atoms with E-state index in [0.717, 1.165) is 11.3 Å². The van der Waals surface area contributed by atoms with E-state index in [4.69, 9.17) is 0 Å². The third-order valence-electron chi connectivity index (χ3n) is 2.78. The number of rotatable bonds is 3. The Labute approximate surface area is 115 Å². The van der Waals surface area contributed by atoms with Crippen molar-refractivity contribution in [1.82, 2.24) is 0 Å². The van der Waals surface area contributed by atoms with Crippen LogP contribution in [-0.4, -0.2) is 13.0 Å². The Morgan fingerprint density at radius 2 is 1.50 bits per heavy atom. The van der Waals surface area contributed by atoms with Crippen LogP contribution in [0.3, 0.4) is 0 Å². The molecule has 0 radical (unpaired) electrons. The molecule has 0 spiro atoms. The molecule has 2 aromatic rings. The quantitative estimate of drug-likeness (QED) is 0.790. The summed E-state index contributed by atoms with van der Waals surface area (Å²) in [7, 11) is 1.79. The van der Waals surface area contributed by atoms with E-state index in [1.165, 1.54) is 0 Å². The fourth-order valence-corrected chi connectivity index (χ4v) is 2.33. The first-order valence-corrected chi connectivity index (χ1v) is 6.63. The highest BCUT2D eigenvalue weighted by Gasteiger charge is 2.21. The summed E-state index contributed by atoms with van der Waals surface area (Å²) in [6, 6.07) is 19.3.